The summed E-state index contributed by atoms with van der Waals surface area (Å²) in [6, 6.07) is 73.0. The van der Waals surface area contributed by atoms with Crippen LogP contribution >= 0.6 is 11.3 Å². The van der Waals surface area contributed by atoms with Crippen LogP contribution in [0.1, 0.15) is 0 Å². The van der Waals surface area contributed by atoms with Gasteiger partial charge in [-0.3, -0.25) is 0 Å². The zero-order valence-corrected chi connectivity index (χ0v) is 29.2. The fraction of sp³-hybridized carbons (Fsp3) is 0. The largest absolute Gasteiger partial charge is 0.310 e. The molecule has 0 N–H and O–H groups in total. The quantitative estimate of drug-likeness (QED) is 0.169. The first-order chi connectivity index (χ1) is 25.7. The van der Waals surface area contributed by atoms with E-state index in [1.165, 1.54) is 75.1 Å². The summed E-state index contributed by atoms with van der Waals surface area (Å²) in [5.74, 6) is 0. The summed E-state index contributed by atoms with van der Waals surface area (Å²) in [5, 5.41) is 7.52. The summed E-state index contributed by atoms with van der Waals surface area (Å²) < 4.78 is 2.62. The molecule has 0 spiro atoms. The molecule has 0 amide bonds. The molecule has 2 heteroatoms. The lowest BCUT2D eigenvalue weighted by Crippen LogP contribution is -2.10. The maximum atomic E-state index is 2.40. The Morgan fingerprint density at radius 3 is 1.40 bits per heavy atom. The summed E-state index contributed by atoms with van der Waals surface area (Å²) in [5.41, 5.74) is 10.7. The summed E-state index contributed by atoms with van der Waals surface area (Å²) in [6.07, 6.45) is 0. The molecule has 1 nitrogen and oxygen atoms in total. The van der Waals surface area contributed by atoms with E-state index in [1.807, 2.05) is 11.3 Å². The highest BCUT2D eigenvalue weighted by Gasteiger charge is 2.16. The van der Waals surface area contributed by atoms with Crippen LogP contribution < -0.4 is 4.90 Å². The molecule has 0 aliphatic heterocycles. The summed E-state index contributed by atoms with van der Waals surface area (Å²) in [4.78, 5) is 2.40. The molecule has 52 heavy (non-hydrogen) atoms. The predicted octanol–water partition coefficient (Wildman–Crippen LogP) is 14.8. The first-order valence-electron chi connectivity index (χ1n) is 17.7. The Kier molecular flexibility index (Phi) is 7.41. The molecule has 10 aromatic rings. The Morgan fingerprint density at radius 2 is 0.731 bits per heavy atom. The van der Waals surface area contributed by atoms with Gasteiger partial charge in [0.2, 0.25) is 0 Å². The van der Waals surface area contributed by atoms with Gasteiger partial charge in [-0.15, -0.1) is 11.3 Å². The van der Waals surface area contributed by atoms with Crippen molar-refractivity contribution in [3.63, 3.8) is 0 Å². The maximum absolute atomic E-state index is 2.40. The Morgan fingerprint density at radius 1 is 0.269 bits per heavy atom. The minimum absolute atomic E-state index is 1.13. The molecule has 0 saturated heterocycles. The van der Waals surface area contributed by atoms with Crippen molar-refractivity contribution in [1.29, 1.82) is 0 Å². The van der Waals surface area contributed by atoms with Crippen LogP contribution in [0, 0.1) is 0 Å². The SMILES string of the molecule is c1ccc(-c2cccc(N(c3ccc4cc(-c5ccc6cc(-c7ccccc7)ccc6c5)ccc4c3)c3ccc4sc5ccccc5c4c3)c2)cc1. The molecule has 10 rings (SSSR count). The second-order valence-electron chi connectivity index (χ2n) is 13.4. The molecular formula is C50H33NS. The van der Waals surface area contributed by atoms with E-state index >= 15 is 0 Å². The first-order valence-corrected chi connectivity index (χ1v) is 18.6. The monoisotopic (exact) mass is 679 g/mol. The van der Waals surface area contributed by atoms with Crippen molar-refractivity contribution >= 4 is 70.1 Å². The van der Waals surface area contributed by atoms with Crippen molar-refractivity contribution < 1.29 is 0 Å². The van der Waals surface area contributed by atoms with Crippen LogP contribution in [-0.2, 0) is 0 Å². The van der Waals surface area contributed by atoms with E-state index in [-0.39, 0.29) is 0 Å². The van der Waals surface area contributed by atoms with Crippen LogP contribution in [0.25, 0.3) is 75.1 Å². The van der Waals surface area contributed by atoms with Gasteiger partial charge in [0.15, 0.2) is 0 Å². The fourth-order valence-corrected chi connectivity index (χ4v) is 8.63. The topological polar surface area (TPSA) is 3.24 Å². The highest BCUT2D eigenvalue weighted by molar-refractivity contribution is 7.25. The van der Waals surface area contributed by atoms with Crippen molar-refractivity contribution in [3.05, 3.63) is 200 Å². The van der Waals surface area contributed by atoms with Gasteiger partial charge in [0.1, 0.15) is 0 Å². The lowest BCUT2D eigenvalue weighted by Gasteiger charge is -2.26. The van der Waals surface area contributed by atoms with Crippen molar-refractivity contribution in [3.8, 4) is 33.4 Å². The molecule has 0 bridgehead atoms. The second-order valence-corrected chi connectivity index (χ2v) is 14.5. The first kappa shape index (κ1) is 30.4. The molecule has 0 atom stereocenters. The smallest absolute Gasteiger partial charge is 0.0468 e. The summed E-state index contributed by atoms with van der Waals surface area (Å²) in [7, 11) is 0. The van der Waals surface area contributed by atoms with Gasteiger partial charge in [-0.05, 0) is 122 Å². The molecule has 9 aromatic carbocycles. The molecule has 1 aromatic heterocycles. The van der Waals surface area contributed by atoms with Crippen molar-refractivity contribution in [2.45, 2.75) is 0 Å². The maximum Gasteiger partial charge on any atom is 0.0468 e. The van der Waals surface area contributed by atoms with E-state index < -0.39 is 0 Å². The van der Waals surface area contributed by atoms with Crippen molar-refractivity contribution in [2.75, 3.05) is 4.90 Å². The van der Waals surface area contributed by atoms with E-state index in [0.717, 1.165) is 17.1 Å². The van der Waals surface area contributed by atoms with Gasteiger partial charge in [-0.2, -0.15) is 0 Å². The van der Waals surface area contributed by atoms with Crippen LogP contribution in [0.4, 0.5) is 17.1 Å². The van der Waals surface area contributed by atoms with Crippen LogP contribution in [0.3, 0.4) is 0 Å². The fourth-order valence-electron chi connectivity index (χ4n) is 7.54. The molecular weight excluding hydrogens is 647 g/mol. The van der Waals surface area contributed by atoms with Gasteiger partial charge < -0.3 is 4.90 Å². The van der Waals surface area contributed by atoms with Gasteiger partial charge in [0.25, 0.3) is 0 Å². The third kappa shape index (κ3) is 5.51. The molecule has 0 saturated carbocycles. The molecule has 0 aliphatic carbocycles. The number of rotatable bonds is 6. The third-order valence-corrected chi connectivity index (χ3v) is 11.3. The van der Waals surface area contributed by atoms with Gasteiger partial charge in [-0.25, -0.2) is 0 Å². The molecule has 244 valence electrons. The van der Waals surface area contributed by atoms with Crippen LogP contribution in [-0.4, -0.2) is 0 Å². The van der Waals surface area contributed by atoms with E-state index in [4.69, 9.17) is 0 Å². The van der Waals surface area contributed by atoms with E-state index in [1.54, 1.807) is 0 Å². The van der Waals surface area contributed by atoms with Crippen LogP contribution in [0.2, 0.25) is 0 Å². The Labute approximate surface area is 307 Å². The average Bonchev–Trinajstić information content (AvgIpc) is 3.59. The molecule has 0 fully saturated rings. The number of hydrogen-bond acceptors (Lipinski definition) is 2. The highest BCUT2D eigenvalue weighted by atomic mass is 32.1. The van der Waals surface area contributed by atoms with Gasteiger partial charge in [0, 0.05) is 37.2 Å². The molecule has 1 heterocycles. The third-order valence-electron chi connectivity index (χ3n) is 10.2. The number of fused-ring (bicyclic) bond motifs is 5. The van der Waals surface area contributed by atoms with E-state index in [9.17, 15) is 0 Å². The second kappa shape index (κ2) is 12.7. The predicted molar refractivity (Wildman–Crippen MR) is 225 cm³/mol. The number of nitrogens with zero attached hydrogens (tertiary/aromatic N) is 1. The number of anilines is 3. The van der Waals surface area contributed by atoms with Gasteiger partial charge in [0.05, 0.1) is 0 Å². The zero-order valence-electron chi connectivity index (χ0n) is 28.4. The Hall–Kier alpha value is -6.48. The lowest BCUT2D eigenvalue weighted by molar-refractivity contribution is 1.30. The highest BCUT2D eigenvalue weighted by Crippen LogP contribution is 2.42. The number of hydrogen-bond donors (Lipinski definition) is 0. The normalized spacial score (nSPS) is 11.5. The van der Waals surface area contributed by atoms with E-state index in [2.05, 4.69) is 205 Å². The molecule has 0 radical (unpaired) electrons. The Bertz CT molecular complexity index is 2910. The van der Waals surface area contributed by atoms with Crippen LogP contribution in [0.5, 0.6) is 0 Å². The lowest BCUT2D eigenvalue weighted by atomic mass is 9.96. The van der Waals surface area contributed by atoms with Gasteiger partial charge in [-0.1, -0.05) is 133 Å². The molecule has 0 unspecified atom stereocenters. The standard InChI is InChI=1S/C50H33NS/c1-3-10-34(11-4-1)36-14-9-15-44(31-36)51(46-26-27-50-48(33-46)47-16-7-8-17-49(47)52-50)45-25-24-42-30-41(22-23-43(42)32-45)40-21-20-38-28-37(18-19-39(38)29-40)35-12-5-2-6-13-35/h1-33H. The molecule has 0 aliphatic rings. The van der Waals surface area contributed by atoms with Crippen molar-refractivity contribution in [1.82, 2.24) is 0 Å². The van der Waals surface area contributed by atoms with Gasteiger partial charge >= 0.3 is 0 Å². The number of thiophene rings is 1. The minimum atomic E-state index is 1.13. The zero-order chi connectivity index (χ0) is 34.4. The summed E-state index contributed by atoms with van der Waals surface area (Å²) >= 11 is 1.86. The Balaban J connectivity index is 1.05. The van der Waals surface area contributed by atoms with Crippen LogP contribution in [0.15, 0.2) is 200 Å². The average molecular weight is 680 g/mol. The number of benzene rings is 9. The minimum Gasteiger partial charge on any atom is -0.310 e. The van der Waals surface area contributed by atoms with Crippen molar-refractivity contribution in [2.24, 2.45) is 0 Å². The van der Waals surface area contributed by atoms with E-state index in [0.29, 0.717) is 0 Å². The summed E-state index contributed by atoms with van der Waals surface area (Å²) in [6.45, 7) is 0.